The number of hydrogen-bond donors (Lipinski definition) is 2. The molecule has 0 aliphatic heterocycles. The third-order valence-corrected chi connectivity index (χ3v) is 2.71. The maximum atomic E-state index is 12.1. The van der Waals surface area contributed by atoms with Crippen LogP contribution in [0.15, 0.2) is 22.7 Å². The van der Waals surface area contributed by atoms with E-state index in [1.54, 1.807) is 20.0 Å². The first kappa shape index (κ1) is 14.4. The minimum Gasteiger partial charge on any atom is -0.383 e. The molecule has 2 N–H and O–H groups in total. The third kappa shape index (κ3) is 3.14. The van der Waals surface area contributed by atoms with Gasteiger partial charge in [-0.1, -0.05) is 11.2 Å². The molecule has 0 saturated heterocycles. The standard InChI is InChI=1S/C12H13N5O4/c1-7-15-10(16-21-7)6-14-12(18)8-4-3-5-9(13-2)11(8)17(19)20/h3-5,13H,6H2,1-2H3,(H,14,18). The molecule has 2 aromatic rings. The second-order valence-electron chi connectivity index (χ2n) is 4.12. The van der Waals surface area contributed by atoms with Crippen molar-refractivity contribution >= 4 is 17.3 Å². The number of aromatic nitrogens is 2. The highest BCUT2D eigenvalue weighted by atomic mass is 16.6. The largest absolute Gasteiger partial charge is 0.383 e. The van der Waals surface area contributed by atoms with E-state index in [2.05, 4.69) is 20.8 Å². The minimum absolute atomic E-state index is 0.0249. The van der Waals surface area contributed by atoms with Gasteiger partial charge in [-0.3, -0.25) is 14.9 Å². The van der Waals surface area contributed by atoms with Gasteiger partial charge in [0.05, 0.1) is 11.5 Å². The number of nitro benzene ring substituents is 1. The van der Waals surface area contributed by atoms with Gasteiger partial charge in [-0.25, -0.2) is 0 Å². The van der Waals surface area contributed by atoms with Gasteiger partial charge in [0, 0.05) is 14.0 Å². The van der Waals surface area contributed by atoms with Crippen molar-refractivity contribution in [3.8, 4) is 0 Å². The fourth-order valence-corrected chi connectivity index (χ4v) is 1.79. The lowest BCUT2D eigenvalue weighted by atomic mass is 10.1. The lowest BCUT2D eigenvalue weighted by Gasteiger charge is -2.07. The minimum atomic E-state index is -0.598. The second kappa shape index (κ2) is 5.99. The number of nitrogens with one attached hydrogen (secondary N) is 2. The van der Waals surface area contributed by atoms with Crippen molar-refractivity contribution < 1.29 is 14.2 Å². The van der Waals surface area contributed by atoms with Gasteiger partial charge in [-0.05, 0) is 12.1 Å². The number of anilines is 1. The molecule has 9 nitrogen and oxygen atoms in total. The maximum Gasteiger partial charge on any atom is 0.305 e. The van der Waals surface area contributed by atoms with Crippen LogP contribution in [0.1, 0.15) is 22.1 Å². The van der Waals surface area contributed by atoms with Crippen LogP contribution in [-0.2, 0) is 6.54 Å². The molecule has 0 fully saturated rings. The van der Waals surface area contributed by atoms with Crippen molar-refractivity contribution in [1.29, 1.82) is 0 Å². The zero-order chi connectivity index (χ0) is 15.4. The zero-order valence-corrected chi connectivity index (χ0v) is 11.4. The molecule has 1 heterocycles. The molecule has 0 aliphatic carbocycles. The molecule has 0 bridgehead atoms. The molecular formula is C12H13N5O4. The second-order valence-corrected chi connectivity index (χ2v) is 4.12. The van der Waals surface area contributed by atoms with E-state index >= 15 is 0 Å². The average Bonchev–Trinajstić information content (AvgIpc) is 2.89. The van der Waals surface area contributed by atoms with E-state index in [-0.39, 0.29) is 23.5 Å². The first-order chi connectivity index (χ1) is 10.0. The highest BCUT2D eigenvalue weighted by molar-refractivity contribution is 6.00. The summed E-state index contributed by atoms with van der Waals surface area (Å²) in [5.74, 6) is 0.0944. The number of carbonyl (C=O) groups excluding carboxylic acids is 1. The van der Waals surface area contributed by atoms with E-state index in [1.807, 2.05) is 0 Å². The Kier molecular flexibility index (Phi) is 4.12. The van der Waals surface area contributed by atoms with Crippen molar-refractivity contribution in [2.24, 2.45) is 0 Å². The Morgan fingerprint density at radius 1 is 1.48 bits per heavy atom. The quantitative estimate of drug-likeness (QED) is 0.627. The molecule has 0 radical (unpaired) electrons. The van der Waals surface area contributed by atoms with Crippen LogP contribution < -0.4 is 10.6 Å². The molecule has 1 amide bonds. The summed E-state index contributed by atoms with van der Waals surface area (Å²) in [6.07, 6.45) is 0. The molecule has 1 aromatic carbocycles. The first-order valence-electron chi connectivity index (χ1n) is 6.05. The Morgan fingerprint density at radius 3 is 2.81 bits per heavy atom. The Hall–Kier alpha value is -2.97. The zero-order valence-electron chi connectivity index (χ0n) is 11.4. The first-order valence-corrected chi connectivity index (χ1v) is 6.05. The van der Waals surface area contributed by atoms with E-state index in [1.165, 1.54) is 12.1 Å². The smallest absolute Gasteiger partial charge is 0.305 e. The van der Waals surface area contributed by atoms with Crippen molar-refractivity contribution in [2.75, 3.05) is 12.4 Å². The van der Waals surface area contributed by atoms with Crippen LogP contribution in [0.25, 0.3) is 0 Å². The lowest BCUT2D eigenvalue weighted by molar-refractivity contribution is -0.384. The highest BCUT2D eigenvalue weighted by Gasteiger charge is 2.24. The molecule has 110 valence electrons. The summed E-state index contributed by atoms with van der Waals surface area (Å²) < 4.78 is 4.77. The van der Waals surface area contributed by atoms with E-state index in [0.717, 1.165) is 0 Å². The molecule has 0 aliphatic rings. The van der Waals surface area contributed by atoms with E-state index in [9.17, 15) is 14.9 Å². The Labute approximate surface area is 119 Å². The summed E-state index contributed by atoms with van der Waals surface area (Å²) in [5.41, 5.74) is -0.0445. The van der Waals surface area contributed by atoms with Gasteiger partial charge in [0.25, 0.3) is 5.91 Å². The van der Waals surface area contributed by atoms with Crippen molar-refractivity contribution in [3.05, 3.63) is 45.6 Å². The molecule has 2 rings (SSSR count). The monoisotopic (exact) mass is 291 g/mol. The van der Waals surface area contributed by atoms with E-state index in [0.29, 0.717) is 11.7 Å². The summed E-state index contributed by atoms with van der Waals surface area (Å²) in [6, 6.07) is 4.47. The van der Waals surface area contributed by atoms with Crippen LogP contribution in [0.3, 0.4) is 0 Å². The average molecular weight is 291 g/mol. The number of amides is 1. The van der Waals surface area contributed by atoms with Crippen LogP contribution in [0.5, 0.6) is 0 Å². The Morgan fingerprint density at radius 2 is 2.24 bits per heavy atom. The number of para-hydroxylation sites is 1. The Bertz CT molecular complexity index is 682. The van der Waals surface area contributed by atoms with Gasteiger partial charge in [-0.2, -0.15) is 4.98 Å². The summed E-state index contributed by atoms with van der Waals surface area (Å²) >= 11 is 0. The van der Waals surface area contributed by atoms with Gasteiger partial charge < -0.3 is 15.2 Å². The number of rotatable bonds is 5. The van der Waals surface area contributed by atoms with Gasteiger partial charge in [0.2, 0.25) is 5.89 Å². The molecule has 0 spiro atoms. The van der Waals surface area contributed by atoms with Gasteiger partial charge in [-0.15, -0.1) is 0 Å². The summed E-state index contributed by atoms with van der Waals surface area (Å²) in [6.45, 7) is 1.65. The highest BCUT2D eigenvalue weighted by Crippen LogP contribution is 2.28. The molecule has 0 unspecified atom stereocenters. The summed E-state index contributed by atoms with van der Waals surface area (Å²) in [7, 11) is 1.55. The van der Waals surface area contributed by atoms with Crippen molar-refractivity contribution in [3.63, 3.8) is 0 Å². The topological polar surface area (TPSA) is 123 Å². The van der Waals surface area contributed by atoms with Gasteiger partial charge in [0.1, 0.15) is 11.3 Å². The lowest BCUT2D eigenvalue weighted by Crippen LogP contribution is -2.24. The van der Waals surface area contributed by atoms with Crippen molar-refractivity contribution in [2.45, 2.75) is 13.5 Å². The number of hydrogen-bond acceptors (Lipinski definition) is 7. The van der Waals surface area contributed by atoms with Crippen LogP contribution >= 0.6 is 0 Å². The molecule has 1 aromatic heterocycles. The summed E-state index contributed by atoms with van der Waals surface area (Å²) in [5, 5.41) is 20.0. The molecule has 0 atom stereocenters. The predicted octanol–water partition coefficient (Wildman–Crippen LogP) is 1.26. The van der Waals surface area contributed by atoms with Crippen molar-refractivity contribution in [1.82, 2.24) is 15.5 Å². The van der Waals surface area contributed by atoms with Gasteiger partial charge >= 0.3 is 5.69 Å². The number of nitrogens with zero attached hydrogens (tertiary/aromatic N) is 3. The normalized spacial score (nSPS) is 10.2. The van der Waals surface area contributed by atoms with E-state index < -0.39 is 10.8 Å². The fraction of sp³-hybridized carbons (Fsp3) is 0.250. The number of aryl methyl sites for hydroxylation is 1. The molecular weight excluding hydrogens is 278 g/mol. The van der Waals surface area contributed by atoms with Gasteiger partial charge in [0.15, 0.2) is 5.82 Å². The number of carbonyl (C=O) groups is 1. The number of nitro groups is 1. The van der Waals surface area contributed by atoms with Crippen LogP contribution in [0.2, 0.25) is 0 Å². The van der Waals surface area contributed by atoms with Crippen LogP contribution in [-0.4, -0.2) is 28.0 Å². The summed E-state index contributed by atoms with van der Waals surface area (Å²) in [4.78, 5) is 26.5. The molecule has 21 heavy (non-hydrogen) atoms. The Balaban J connectivity index is 2.20. The molecule has 0 saturated carbocycles. The molecule has 9 heteroatoms. The van der Waals surface area contributed by atoms with E-state index in [4.69, 9.17) is 4.52 Å². The predicted molar refractivity (Wildman–Crippen MR) is 72.8 cm³/mol. The maximum absolute atomic E-state index is 12.1. The SMILES string of the molecule is CNc1cccc(C(=O)NCc2noc(C)n2)c1[N+](=O)[O-]. The van der Waals surface area contributed by atoms with Crippen LogP contribution in [0.4, 0.5) is 11.4 Å². The number of benzene rings is 1. The van der Waals surface area contributed by atoms with Crippen LogP contribution in [0, 0.1) is 17.0 Å². The fourth-order valence-electron chi connectivity index (χ4n) is 1.79. The third-order valence-electron chi connectivity index (χ3n) is 2.71.